The first-order chi connectivity index (χ1) is 14.1. The quantitative estimate of drug-likeness (QED) is 0.416. The first-order valence-corrected chi connectivity index (χ1v) is 10.0. The van der Waals surface area contributed by atoms with Crippen molar-refractivity contribution < 1.29 is 13.9 Å². The molecular weight excluding hydrogens is 412 g/mol. The number of benzene rings is 3. The topological polar surface area (TPSA) is 30.5 Å². The molecule has 0 saturated carbocycles. The Morgan fingerprint density at radius 1 is 0.966 bits per heavy atom. The molecule has 6 heteroatoms. The summed E-state index contributed by atoms with van der Waals surface area (Å²) in [7, 11) is 1.58. The zero-order chi connectivity index (χ0) is 20.6. The summed E-state index contributed by atoms with van der Waals surface area (Å²) >= 11 is 12.0. The van der Waals surface area contributed by atoms with Crippen molar-refractivity contribution >= 4 is 23.2 Å². The molecule has 0 radical (unpaired) electrons. The van der Waals surface area contributed by atoms with Crippen LogP contribution in [0, 0.1) is 5.82 Å². The lowest BCUT2D eigenvalue weighted by atomic mass is 10.1. The minimum Gasteiger partial charge on any atom is -0.493 e. The highest BCUT2D eigenvalue weighted by atomic mass is 35.5. The van der Waals surface area contributed by atoms with E-state index in [0.717, 1.165) is 23.6 Å². The van der Waals surface area contributed by atoms with Crippen molar-refractivity contribution in [3.8, 4) is 11.5 Å². The summed E-state index contributed by atoms with van der Waals surface area (Å²) in [5.41, 5.74) is 2.45. The number of halogens is 3. The van der Waals surface area contributed by atoms with Gasteiger partial charge in [0.2, 0.25) is 0 Å². The van der Waals surface area contributed by atoms with Crippen LogP contribution in [0.3, 0.4) is 0 Å². The molecule has 3 aromatic carbocycles. The molecule has 0 spiro atoms. The molecule has 0 amide bonds. The molecule has 0 heterocycles. The Balaban J connectivity index is 1.65. The summed E-state index contributed by atoms with van der Waals surface area (Å²) < 4.78 is 25.4. The molecule has 0 fully saturated rings. The van der Waals surface area contributed by atoms with E-state index in [1.54, 1.807) is 19.2 Å². The molecule has 0 bridgehead atoms. The number of hydrogen-bond donors (Lipinski definition) is 1. The van der Waals surface area contributed by atoms with Gasteiger partial charge in [0.05, 0.1) is 12.1 Å². The van der Waals surface area contributed by atoms with Gasteiger partial charge in [0, 0.05) is 22.7 Å². The Morgan fingerprint density at radius 3 is 2.45 bits per heavy atom. The molecule has 0 aliphatic heterocycles. The summed E-state index contributed by atoms with van der Waals surface area (Å²) in [4.78, 5) is 0. The maximum Gasteiger partial charge on any atom is 0.166 e. The maximum absolute atomic E-state index is 14.1. The molecule has 0 aromatic heterocycles. The monoisotopic (exact) mass is 433 g/mol. The predicted octanol–water partition coefficient (Wildman–Crippen LogP) is 6.05. The third-order valence-corrected chi connectivity index (χ3v) is 5.13. The van der Waals surface area contributed by atoms with E-state index in [2.05, 4.69) is 5.32 Å². The van der Waals surface area contributed by atoms with Crippen molar-refractivity contribution in [2.24, 2.45) is 0 Å². The fourth-order valence-electron chi connectivity index (χ4n) is 2.95. The molecule has 0 aliphatic carbocycles. The lowest BCUT2D eigenvalue weighted by molar-refractivity contribution is 0.276. The maximum atomic E-state index is 14.1. The number of nitrogens with one attached hydrogen (secondary N) is 1. The van der Waals surface area contributed by atoms with E-state index in [1.165, 1.54) is 11.6 Å². The van der Waals surface area contributed by atoms with Crippen LogP contribution in [0.1, 0.15) is 16.7 Å². The molecule has 0 atom stereocenters. The van der Waals surface area contributed by atoms with Gasteiger partial charge in [-0.15, -0.1) is 0 Å². The fourth-order valence-corrected chi connectivity index (χ4v) is 3.29. The van der Waals surface area contributed by atoms with Crippen LogP contribution in [0.4, 0.5) is 4.39 Å². The second-order valence-corrected chi connectivity index (χ2v) is 7.33. The van der Waals surface area contributed by atoms with E-state index in [-0.39, 0.29) is 6.61 Å². The highest BCUT2D eigenvalue weighted by Crippen LogP contribution is 2.32. The average Bonchev–Trinajstić information content (AvgIpc) is 2.72. The van der Waals surface area contributed by atoms with Gasteiger partial charge >= 0.3 is 0 Å². The average molecular weight is 434 g/mol. The third kappa shape index (κ3) is 5.86. The number of rotatable bonds is 9. The van der Waals surface area contributed by atoms with Crippen molar-refractivity contribution in [2.45, 2.75) is 19.6 Å². The molecule has 152 valence electrons. The fraction of sp³-hybridized carbons (Fsp3) is 0.217. The largest absolute Gasteiger partial charge is 0.493 e. The van der Waals surface area contributed by atoms with Crippen LogP contribution in [-0.2, 0) is 19.6 Å². The van der Waals surface area contributed by atoms with Crippen LogP contribution in [0.25, 0.3) is 0 Å². The van der Waals surface area contributed by atoms with Crippen LogP contribution in [-0.4, -0.2) is 13.7 Å². The number of ether oxygens (including phenoxy) is 2. The highest BCUT2D eigenvalue weighted by molar-refractivity contribution is 6.31. The van der Waals surface area contributed by atoms with Crippen molar-refractivity contribution in [2.75, 3.05) is 13.7 Å². The minimum atomic E-state index is -0.393. The molecule has 3 aromatic rings. The van der Waals surface area contributed by atoms with E-state index in [0.29, 0.717) is 28.6 Å². The van der Waals surface area contributed by atoms with Crippen molar-refractivity contribution in [3.05, 3.63) is 93.2 Å². The highest BCUT2D eigenvalue weighted by Gasteiger charge is 2.13. The number of para-hydroxylation sites is 1. The second kappa shape index (κ2) is 10.5. The Kier molecular flexibility index (Phi) is 7.76. The summed E-state index contributed by atoms with van der Waals surface area (Å²) in [6.45, 7) is 1.40. The van der Waals surface area contributed by atoms with Crippen LogP contribution in [0.15, 0.2) is 60.7 Å². The SMILES string of the molecule is COc1cccc(CNCCc2ccc(Cl)cc2)c1OCc1c(F)cccc1Cl. The van der Waals surface area contributed by atoms with Crippen LogP contribution >= 0.6 is 23.2 Å². The van der Waals surface area contributed by atoms with Crippen LogP contribution < -0.4 is 14.8 Å². The van der Waals surface area contributed by atoms with Gasteiger partial charge in [-0.3, -0.25) is 0 Å². The molecule has 0 saturated heterocycles. The van der Waals surface area contributed by atoms with Crippen LogP contribution in [0.2, 0.25) is 10.0 Å². The zero-order valence-electron chi connectivity index (χ0n) is 16.1. The zero-order valence-corrected chi connectivity index (χ0v) is 17.6. The van der Waals surface area contributed by atoms with E-state index < -0.39 is 5.82 Å². The molecule has 0 aliphatic rings. The Labute approximate surface area is 180 Å². The molecule has 3 rings (SSSR count). The molecule has 1 N–H and O–H groups in total. The van der Waals surface area contributed by atoms with Gasteiger partial charge in [0.15, 0.2) is 11.5 Å². The van der Waals surface area contributed by atoms with E-state index >= 15 is 0 Å². The van der Waals surface area contributed by atoms with Crippen molar-refractivity contribution in [3.63, 3.8) is 0 Å². The lowest BCUT2D eigenvalue weighted by Crippen LogP contribution is -2.17. The molecular formula is C23H22Cl2FNO2. The Hall–Kier alpha value is -2.27. The smallest absolute Gasteiger partial charge is 0.166 e. The van der Waals surface area contributed by atoms with Gasteiger partial charge in [-0.05, 0) is 48.9 Å². The van der Waals surface area contributed by atoms with Gasteiger partial charge in [0.1, 0.15) is 12.4 Å². The lowest BCUT2D eigenvalue weighted by Gasteiger charge is -2.16. The summed E-state index contributed by atoms with van der Waals surface area (Å²) in [6.07, 6.45) is 0.877. The van der Waals surface area contributed by atoms with E-state index in [1.807, 2.05) is 42.5 Å². The third-order valence-electron chi connectivity index (χ3n) is 4.52. The van der Waals surface area contributed by atoms with E-state index in [4.69, 9.17) is 32.7 Å². The second-order valence-electron chi connectivity index (χ2n) is 6.49. The van der Waals surface area contributed by atoms with Crippen molar-refractivity contribution in [1.29, 1.82) is 0 Å². The van der Waals surface area contributed by atoms with Gasteiger partial charge in [-0.1, -0.05) is 53.5 Å². The summed E-state index contributed by atoms with van der Waals surface area (Å²) in [5, 5.41) is 4.48. The molecule has 29 heavy (non-hydrogen) atoms. The van der Waals surface area contributed by atoms with E-state index in [9.17, 15) is 4.39 Å². The van der Waals surface area contributed by atoms with Gasteiger partial charge < -0.3 is 14.8 Å². The molecule has 3 nitrogen and oxygen atoms in total. The number of hydrogen-bond acceptors (Lipinski definition) is 3. The summed E-state index contributed by atoms with van der Waals surface area (Å²) in [6, 6.07) is 18.1. The van der Waals surface area contributed by atoms with Gasteiger partial charge in [-0.2, -0.15) is 0 Å². The van der Waals surface area contributed by atoms with Gasteiger partial charge in [0.25, 0.3) is 0 Å². The Morgan fingerprint density at radius 2 is 1.72 bits per heavy atom. The predicted molar refractivity (Wildman–Crippen MR) is 116 cm³/mol. The van der Waals surface area contributed by atoms with Crippen molar-refractivity contribution in [1.82, 2.24) is 5.32 Å². The normalized spacial score (nSPS) is 10.8. The minimum absolute atomic E-state index is 0.0175. The Bertz CT molecular complexity index is 928. The number of methoxy groups -OCH3 is 1. The first-order valence-electron chi connectivity index (χ1n) is 9.25. The van der Waals surface area contributed by atoms with Crippen LogP contribution in [0.5, 0.6) is 11.5 Å². The standard InChI is InChI=1S/C23H22Cl2FNO2/c1-28-22-7-2-4-17(14-27-13-12-16-8-10-18(24)11-9-16)23(22)29-15-19-20(25)5-3-6-21(19)26/h2-11,27H,12-15H2,1H3. The van der Waals surface area contributed by atoms with Gasteiger partial charge in [-0.25, -0.2) is 4.39 Å². The summed E-state index contributed by atoms with van der Waals surface area (Å²) in [5.74, 6) is 0.776. The molecule has 0 unspecified atom stereocenters. The first kappa shape index (κ1) is 21.4.